The van der Waals surface area contributed by atoms with Crippen molar-refractivity contribution in [1.82, 2.24) is 25.1 Å². The van der Waals surface area contributed by atoms with E-state index < -0.39 is 5.97 Å². The molecule has 4 heterocycles. The van der Waals surface area contributed by atoms with Gasteiger partial charge in [-0.2, -0.15) is 0 Å². The summed E-state index contributed by atoms with van der Waals surface area (Å²) in [5, 5.41) is 11.9. The molecule has 2 fully saturated rings. The molecule has 2 aromatic rings. The van der Waals surface area contributed by atoms with Crippen LogP contribution < -0.4 is 11.1 Å². The van der Waals surface area contributed by atoms with Gasteiger partial charge in [0.1, 0.15) is 10.3 Å². The first-order valence-corrected chi connectivity index (χ1v) is 12.2. The summed E-state index contributed by atoms with van der Waals surface area (Å²) < 4.78 is 0. The van der Waals surface area contributed by atoms with Gasteiger partial charge in [-0.3, -0.25) is 14.4 Å². The molecular formula is C22H25Cl5N6O5. The summed E-state index contributed by atoms with van der Waals surface area (Å²) in [7, 11) is 3.48. The molecule has 2 aliphatic heterocycles. The quantitative estimate of drug-likeness (QED) is 0.437. The average Bonchev–Trinajstić information content (AvgIpc) is 3.30. The highest BCUT2D eigenvalue weighted by Gasteiger charge is 2.28. The Hall–Kier alpha value is -2.41. The van der Waals surface area contributed by atoms with Gasteiger partial charge in [0.25, 0.3) is 5.91 Å². The Balaban J connectivity index is 0.000000309. The van der Waals surface area contributed by atoms with Gasteiger partial charge in [-0.15, -0.1) is 12.4 Å². The molecule has 0 spiro atoms. The minimum Gasteiger partial charge on any atom is -0.478 e. The molecule has 11 nitrogen and oxygen atoms in total. The summed E-state index contributed by atoms with van der Waals surface area (Å²) in [6.45, 7) is 1.23. The predicted molar refractivity (Wildman–Crippen MR) is 146 cm³/mol. The summed E-state index contributed by atoms with van der Waals surface area (Å²) in [5.74, 6) is -1.20. The van der Waals surface area contributed by atoms with Crippen LogP contribution in [0.3, 0.4) is 0 Å². The second kappa shape index (κ2) is 15.2. The van der Waals surface area contributed by atoms with E-state index in [2.05, 4.69) is 15.3 Å². The minimum absolute atomic E-state index is 0. The van der Waals surface area contributed by atoms with Gasteiger partial charge < -0.3 is 26.0 Å². The number of rotatable bonds is 3. The fourth-order valence-electron chi connectivity index (χ4n) is 3.21. The fourth-order valence-corrected chi connectivity index (χ4v) is 3.75. The summed E-state index contributed by atoms with van der Waals surface area (Å²) in [4.78, 5) is 54.8. The Bertz CT molecular complexity index is 1190. The van der Waals surface area contributed by atoms with E-state index in [4.69, 9.17) is 57.2 Å². The number of likely N-dealkylation sites (N-methyl/N-ethyl adjacent to an activating group) is 2. The third-order valence-electron chi connectivity index (χ3n) is 5.15. The number of amides is 3. The van der Waals surface area contributed by atoms with E-state index >= 15 is 0 Å². The van der Waals surface area contributed by atoms with Crippen LogP contribution in [0.4, 0.5) is 0 Å². The third kappa shape index (κ3) is 10.0. The summed E-state index contributed by atoms with van der Waals surface area (Å²) in [6, 6.07) is 2.60. The maximum absolute atomic E-state index is 11.9. The number of nitrogens with one attached hydrogen (secondary N) is 1. The van der Waals surface area contributed by atoms with Crippen molar-refractivity contribution >= 4 is 82.5 Å². The third-order valence-corrected chi connectivity index (χ3v) is 6.52. The molecule has 0 aliphatic carbocycles. The van der Waals surface area contributed by atoms with Crippen molar-refractivity contribution in [1.29, 1.82) is 0 Å². The Morgan fingerprint density at radius 1 is 0.921 bits per heavy atom. The molecule has 0 aromatic carbocycles. The SMILES string of the molecule is CN1CC(NC(=O)c2cnc(Cl)c(Cl)c2)CC1=O.CN1C[C@@H](N)CC1=O.Cl.O=C(O)c1cnc(Cl)c(Cl)c1. The maximum Gasteiger partial charge on any atom is 0.337 e. The molecule has 2 atom stereocenters. The van der Waals surface area contributed by atoms with Crippen LogP contribution in [0.1, 0.15) is 33.6 Å². The number of carbonyl (C=O) groups is 4. The molecule has 2 saturated heterocycles. The number of nitrogens with zero attached hydrogens (tertiary/aromatic N) is 4. The number of aromatic carboxylic acids is 1. The van der Waals surface area contributed by atoms with E-state index in [1.54, 1.807) is 23.9 Å². The Labute approximate surface area is 245 Å². The molecule has 0 radical (unpaired) electrons. The number of halogens is 5. The molecule has 208 valence electrons. The van der Waals surface area contributed by atoms with Gasteiger partial charge in [0, 0.05) is 58.5 Å². The highest BCUT2D eigenvalue weighted by molar-refractivity contribution is 6.41. The summed E-state index contributed by atoms with van der Waals surface area (Å²) in [5.41, 5.74) is 5.81. The van der Waals surface area contributed by atoms with Crippen LogP contribution in [0.25, 0.3) is 0 Å². The van der Waals surface area contributed by atoms with Crippen molar-refractivity contribution in [2.24, 2.45) is 5.73 Å². The van der Waals surface area contributed by atoms with Gasteiger partial charge in [-0.1, -0.05) is 46.4 Å². The lowest BCUT2D eigenvalue weighted by molar-refractivity contribution is -0.127. The van der Waals surface area contributed by atoms with Crippen LogP contribution in [-0.4, -0.2) is 87.8 Å². The molecule has 38 heavy (non-hydrogen) atoms. The molecule has 0 saturated carbocycles. The molecule has 2 aliphatic rings. The van der Waals surface area contributed by atoms with Gasteiger partial charge in [0.05, 0.1) is 27.2 Å². The van der Waals surface area contributed by atoms with Gasteiger partial charge in [-0.25, -0.2) is 14.8 Å². The highest BCUT2D eigenvalue weighted by atomic mass is 35.5. The number of carboxylic acids is 1. The molecule has 3 amide bonds. The van der Waals surface area contributed by atoms with Gasteiger partial charge in [-0.05, 0) is 12.1 Å². The van der Waals surface area contributed by atoms with Gasteiger partial charge >= 0.3 is 5.97 Å². The van der Waals surface area contributed by atoms with Crippen LogP contribution in [-0.2, 0) is 9.59 Å². The molecular weight excluding hydrogens is 606 g/mol. The van der Waals surface area contributed by atoms with E-state index in [9.17, 15) is 19.2 Å². The minimum atomic E-state index is -1.07. The topological polar surface area (TPSA) is 159 Å². The first-order chi connectivity index (χ1) is 17.3. The molecule has 0 bridgehead atoms. The summed E-state index contributed by atoms with van der Waals surface area (Å²) >= 11 is 22.4. The first-order valence-electron chi connectivity index (χ1n) is 10.7. The smallest absolute Gasteiger partial charge is 0.337 e. The van der Waals surface area contributed by atoms with Crippen molar-refractivity contribution in [3.63, 3.8) is 0 Å². The van der Waals surface area contributed by atoms with Gasteiger partial charge in [0.15, 0.2) is 0 Å². The second-order valence-corrected chi connectivity index (χ2v) is 9.72. The van der Waals surface area contributed by atoms with Crippen molar-refractivity contribution in [2.75, 3.05) is 27.2 Å². The van der Waals surface area contributed by atoms with Crippen LogP contribution in [0.2, 0.25) is 20.4 Å². The van der Waals surface area contributed by atoms with Crippen LogP contribution in [0.15, 0.2) is 24.5 Å². The zero-order valence-electron chi connectivity index (χ0n) is 20.2. The van der Waals surface area contributed by atoms with E-state index in [0.29, 0.717) is 24.9 Å². The van der Waals surface area contributed by atoms with Crippen molar-refractivity contribution in [2.45, 2.75) is 24.9 Å². The molecule has 16 heteroatoms. The molecule has 1 unspecified atom stereocenters. The van der Waals surface area contributed by atoms with Crippen molar-refractivity contribution < 1.29 is 24.3 Å². The molecule has 2 aromatic heterocycles. The van der Waals surface area contributed by atoms with Crippen LogP contribution in [0, 0.1) is 0 Å². The largest absolute Gasteiger partial charge is 0.478 e. The monoisotopic (exact) mass is 628 g/mol. The Morgan fingerprint density at radius 3 is 1.76 bits per heavy atom. The average molecular weight is 631 g/mol. The zero-order valence-corrected chi connectivity index (χ0v) is 24.0. The van der Waals surface area contributed by atoms with Gasteiger partial charge in [0.2, 0.25) is 11.8 Å². The number of hydrogen-bond acceptors (Lipinski definition) is 7. The van der Waals surface area contributed by atoms with E-state index in [1.165, 1.54) is 18.3 Å². The second-order valence-electron chi connectivity index (χ2n) is 8.19. The number of nitrogens with two attached hydrogens (primary N) is 1. The maximum atomic E-state index is 11.9. The predicted octanol–water partition coefficient (Wildman–Crippen LogP) is 3.03. The zero-order chi connectivity index (χ0) is 27.9. The Kier molecular flexibility index (Phi) is 13.5. The normalized spacial score (nSPS) is 18.1. The lowest BCUT2D eigenvalue weighted by Gasteiger charge is -2.12. The van der Waals surface area contributed by atoms with Crippen LogP contribution >= 0.6 is 58.8 Å². The van der Waals surface area contributed by atoms with Crippen molar-refractivity contribution in [3.05, 3.63) is 56.0 Å². The molecule has 4 N–H and O–H groups in total. The van der Waals surface area contributed by atoms with E-state index in [-0.39, 0.29) is 68.1 Å². The standard InChI is InChI=1S/C11H11Cl2N3O2.C6H3Cl2NO2.C5H10N2O.ClH/c1-16-5-7(3-9(16)17)15-11(18)6-2-8(12)10(13)14-4-6;7-4-1-3(6(10)11)2-9-5(4)8;1-7-3-4(6)2-5(7)8;/h2,4,7H,3,5H2,1H3,(H,15,18);1-2H,(H,10,11);4H,2-3,6H2,1H3;1H/t;;4-;/m..0./s1. The number of aromatic nitrogens is 2. The lowest BCUT2D eigenvalue weighted by Crippen LogP contribution is -2.36. The van der Waals surface area contributed by atoms with Crippen molar-refractivity contribution in [3.8, 4) is 0 Å². The Morgan fingerprint density at radius 2 is 1.39 bits per heavy atom. The van der Waals surface area contributed by atoms with E-state index in [0.717, 1.165) is 12.7 Å². The number of carboxylic acid groups (broad SMARTS) is 1. The van der Waals surface area contributed by atoms with E-state index in [1.807, 2.05) is 0 Å². The highest BCUT2D eigenvalue weighted by Crippen LogP contribution is 2.20. The van der Waals surface area contributed by atoms with Crippen LogP contribution in [0.5, 0.6) is 0 Å². The number of pyridine rings is 2. The first kappa shape index (κ1) is 33.6. The number of likely N-dealkylation sites (tertiary alicyclic amines) is 2. The summed E-state index contributed by atoms with van der Waals surface area (Å²) in [6.07, 6.45) is 3.34. The fraction of sp³-hybridized carbons (Fsp3) is 0.364. The number of hydrogen-bond donors (Lipinski definition) is 3. The molecule has 4 rings (SSSR count). The lowest BCUT2D eigenvalue weighted by atomic mass is 10.2. The number of carbonyl (C=O) groups excluding carboxylic acids is 3.